The molecule has 0 aliphatic heterocycles. The number of para-hydroxylation sites is 3. The van der Waals surface area contributed by atoms with Gasteiger partial charge in [0, 0.05) is 12.7 Å². The summed E-state index contributed by atoms with van der Waals surface area (Å²) in [5.41, 5.74) is 0.859. The summed E-state index contributed by atoms with van der Waals surface area (Å²) in [7, 11) is 1.52. The number of nitrogens with zero attached hydrogens (tertiary/aromatic N) is 3. The van der Waals surface area contributed by atoms with Gasteiger partial charge < -0.3 is 14.2 Å². The van der Waals surface area contributed by atoms with Crippen LogP contribution in [0.3, 0.4) is 0 Å². The Bertz CT molecular complexity index is 1030. The first-order chi connectivity index (χ1) is 13.7. The van der Waals surface area contributed by atoms with E-state index in [0.29, 0.717) is 5.69 Å². The number of likely N-dealkylation sites (N-methyl/N-ethyl adjacent to an activating group) is 1. The highest BCUT2D eigenvalue weighted by molar-refractivity contribution is 5.96. The van der Waals surface area contributed by atoms with Crippen LogP contribution in [0.1, 0.15) is 12.7 Å². The van der Waals surface area contributed by atoms with Gasteiger partial charge in [0.2, 0.25) is 5.82 Å². The van der Waals surface area contributed by atoms with Crippen molar-refractivity contribution in [2.75, 3.05) is 11.9 Å². The van der Waals surface area contributed by atoms with Crippen LogP contribution in [-0.2, 0) is 27.0 Å². The molecule has 2 aromatic carbocycles. The summed E-state index contributed by atoms with van der Waals surface area (Å²) in [5, 5.41) is 0. The van der Waals surface area contributed by atoms with Crippen molar-refractivity contribution < 1.29 is 27.5 Å². The van der Waals surface area contributed by atoms with Crippen LogP contribution < -0.4 is 4.90 Å². The summed E-state index contributed by atoms with van der Waals surface area (Å²) in [6.45, 7) is 0.651. The van der Waals surface area contributed by atoms with Gasteiger partial charge in [-0.15, -0.1) is 0 Å². The number of anilines is 1. The van der Waals surface area contributed by atoms with Gasteiger partial charge >= 0.3 is 12.1 Å². The number of esters is 1. The number of hydrogen-bond donors (Lipinski definition) is 0. The van der Waals surface area contributed by atoms with Gasteiger partial charge in [-0.25, -0.2) is 4.98 Å². The first kappa shape index (κ1) is 20.4. The minimum absolute atomic E-state index is 0.112. The van der Waals surface area contributed by atoms with Crippen molar-refractivity contribution in [3.05, 3.63) is 60.4 Å². The Labute approximate surface area is 164 Å². The number of carbonyl (C=O) groups is 2. The lowest BCUT2D eigenvalue weighted by atomic mass is 10.2. The number of benzene rings is 2. The molecule has 0 radical (unpaired) electrons. The molecular formula is C20H18F3N3O3. The number of hydrogen-bond acceptors (Lipinski definition) is 4. The second kappa shape index (κ2) is 7.94. The number of imidazole rings is 1. The van der Waals surface area contributed by atoms with Gasteiger partial charge in [-0.3, -0.25) is 9.59 Å². The van der Waals surface area contributed by atoms with Gasteiger partial charge in [-0.1, -0.05) is 30.3 Å². The van der Waals surface area contributed by atoms with Gasteiger partial charge in [-0.2, -0.15) is 13.2 Å². The maximum atomic E-state index is 13.3. The van der Waals surface area contributed by atoms with Crippen LogP contribution in [0.4, 0.5) is 18.9 Å². The number of alkyl halides is 3. The number of rotatable bonds is 5. The smallest absolute Gasteiger partial charge is 0.449 e. The molecule has 0 bridgehead atoms. The first-order valence-electron chi connectivity index (χ1n) is 8.73. The van der Waals surface area contributed by atoms with Crippen LogP contribution in [0.15, 0.2) is 54.6 Å². The van der Waals surface area contributed by atoms with E-state index < -0.39 is 36.5 Å². The molecule has 1 aromatic heterocycles. The van der Waals surface area contributed by atoms with Crippen molar-refractivity contribution in [3.63, 3.8) is 0 Å². The molecule has 0 fully saturated rings. The highest BCUT2D eigenvalue weighted by atomic mass is 19.4. The molecule has 1 unspecified atom stereocenters. The number of ether oxygens (including phenoxy) is 1. The van der Waals surface area contributed by atoms with E-state index in [2.05, 4.69) is 4.98 Å². The van der Waals surface area contributed by atoms with Crippen LogP contribution in [0.5, 0.6) is 0 Å². The lowest BCUT2D eigenvalue weighted by Crippen LogP contribution is -2.38. The fraction of sp³-hybridized carbons (Fsp3) is 0.250. The van der Waals surface area contributed by atoms with Crippen LogP contribution in [-0.4, -0.2) is 34.6 Å². The summed E-state index contributed by atoms with van der Waals surface area (Å²) in [6.07, 6.45) is -5.91. The van der Waals surface area contributed by atoms with Crippen molar-refractivity contribution in [1.29, 1.82) is 0 Å². The zero-order valence-electron chi connectivity index (χ0n) is 15.7. The Morgan fingerprint density at radius 1 is 1.10 bits per heavy atom. The van der Waals surface area contributed by atoms with E-state index in [1.807, 2.05) is 0 Å². The first-order valence-corrected chi connectivity index (χ1v) is 8.73. The summed E-state index contributed by atoms with van der Waals surface area (Å²) >= 11 is 0. The van der Waals surface area contributed by atoms with Gasteiger partial charge in [0.1, 0.15) is 6.54 Å². The van der Waals surface area contributed by atoms with Crippen molar-refractivity contribution in [1.82, 2.24) is 9.55 Å². The molecule has 0 saturated carbocycles. The molecule has 3 aromatic rings. The number of fused-ring (bicyclic) bond motifs is 1. The SMILES string of the molecule is CC(OC(=O)Cn1c(C(F)(F)F)nc2ccccc21)C(=O)N(C)c1ccccc1. The van der Waals surface area contributed by atoms with Crippen molar-refractivity contribution in [3.8, 4) is 0 Å². The quantitative estimate of drug-likeness (QED) is 0.608. The zero-order chi connectivity index (χ0) is 21.2. The van der Waals surface area contributed by atoms with Gasteiger partial charge in [0.05, 0.1) is 11.0 Å². The molecule has 0 N–H and O–H groups in total. The molecule has 1 amide bonds. The predicted molar refractivity (Wildman–Crippen MR) is 100 cm³/mol. The largest absolute Gasteiger partial charge is 0.451 e. The van der Waals surface area contributed by atoms with Gasteiger partial charge in [0.15, 0.2) is 6.10 Å². The fourth-order valence-corrected chi connectivity index (χ4v) is 2.92. The number of carbonyl (C=O) groups excluding carboxylic acids is 2. The maximum Gasteiger partial charge on any atom is 0.449 e. The van der Waals surface area contributed by atoms with Crippen molar-refractivity contribution >= 4 is 28.6 Å². The molecule has 29 heavy (non-hydrogen) atoms. The van der Waals surface area contributed by atoms with Gasteiger partial charge in [-0.05, 0) is 31.2 Å². The summed E-state index contributed by atoms with van der Waals surface area (Å²) < 4.78 is 45.8. The monoisotopic (exact) mass is 405 g/mol. The highest BCUT2D eigenvalue weighted by Crippen LogP contribution is 2.31. The second-order valence-corrected chi connectivity index (χ2v) is 6.37. The Hall–Kier alpha value is -3.36. The normalized spacial score (nSPS) is 12.6. The molecule has 1 heterocycles. The third-order valence-corrected chi connectivity index (χ3v) is 4.33. The third-order valence-electron chi connectivity index (χ3n) is 4.33. The van der Waals surface area contributed by atoms with Crippen molar-refractivity contribution in [2.45, 2.75) is 25.7 Å². The van der Waals surface area contributed by atoms with E-state index in [-0.39, 0.29) is 11.0 Å². The standard InChI is InChI=1S/C20H18F3N3O3/c1-13(18(28)25(2)14-8-4-3-5-9-14)29-17(27)12-26-16-11-7-6-10-15(16)24-19(26)20(21,22)23/h3-11,13H,12H2,1-2H3. The summed E-state index contributed by atoms with van der Waals surface area (Å²) in [5.74, 6) is -2.67. The number of aromatic nitrogens is 2. The van der Waals surface area contributed by atoms with E-state index in [1.54, 1.807) is 42.5 Å². The topological polar surface area (TPSA) is 64.4 Å². The molecule has 0 spiro atoms. The lowest BCUT2D eigenvalue weighted by Gasteiger charge is -2.22. The van der Waals surface area contributed by atoms with Gasteiger partial charge in [0.25, 0.3) is 5.91 Å². The predicted octanol–water partition coefficient (Wildman–Crippen LogP) is 3.65. The maximum absolute atomic E-state index is 13.3. The second-order valence-electron chi connectivity index (χ2n) is 6.37. The lowest BCUT2D eigenvalue weighted by molar-refractivity contribution is -0.156. The van der Waals surface area contributed by atoms with Crippen LogP contribution in [0.25, 0.3) is 11.0 Å². The molecule has 152 valence electrons. The van der Waals surface area contributed by atoms with Crippen LogP contribution in [0, 0.1) is 0 Å². The Morgan fingerprint density at radius 3 is 2.38 bits per heavy atom. The fourth-order valence-electron chi connectivity index (χ4n) is 2.92. The number of amides is 1. The van der Waals surface area contributed by atoms with Crippen LogP contribution >= 0.6 is 0 Å². The third kappa shape index (κ3) is 4.39. The Morgan fingerprint density at radius 2 is 1.72 bits per heavy atom. The highest BCUT2D eigenvalue weighted by Gasteiger charge is 2.38. The van der Waals surface area contributed by atoms with E-state index in [1.165, 1.54) is 31.0 Å². The molecular weight excluding hydrogens is 387 g/mol. The average molecular weight is 405 g/mol. The van der Waals surface area contributed by atoms with E-state index in [9.17, 15) is 22.8 Å². The van der Waals surface area contributed by atoms with E-state index >= 15 is 0 Å². The molecule has 0 aliphatic rings. The molecule has 0 saturated heterocycles. The Kier molecular flexibility index (Phi) is 5.58. The summed E-state index contributed by atoms with van der Waals surface area (Å²) in [4.78, 5) is 29.7. The molecule has 0 aliphatic carbocycles. The minimum Gasteiger partial charge on any atom is -0.451 e. The molecule has 1 atom stereocenters. The number of halogens is 3. The zero-order valence-corrected chi connectivity index (χ0v) is 15.7. The van der Waals surface area contributed by atoms with Crippen molar-refractivity contribution in [2.24, 2.45) is 0 Å². The van der Waals surface area contributed by atoms with E-state index in [0.717, 1.165) is 4.57 Å². The molecule has 9 heteroatoms. The van der Waals surface area contributed by atoms with E-state index in [4.69, 9.17) is 4.74 Å². The molecule has 3 rings (SSSR count). The molecule has 6 nitrogen and oxygen atoms in total. The average Bonchev–Trinajstić information content (AvgIpc) is 3.06. The minimum atomic E-state index is -4.74. The van der Waals surface area contributed by atoms with Crippen LogP contribution in [0.2, 0.25) is 0 Å². The summed E-state index contributed by atoms with van der Waals surface area (Å²) in [6, 6.07) is 14.7. The Balaban J connectivity index is 1.76.